The minimum absolute atomic E-state index is 0.313. The molecule has 2 aliphatic heterocycles. The molecule has 1 amide bonds. The van der Waals surface area contributed by atoms with E-state index >= 15 is 0 Å². The van der Waals surface area contributed by atoms with Gasteiger partial charge in [0.25, 0.3) is 0 Å². The molecule has 2 heterocycles. The van der Waals surface area contributed by atoms with E-state index < -0.39 is 0 Å². The van der Waals surface area contributed by atoms with E-state index in [9.17, 15) is 4.79 Å². The van der Waals surface area contributed by atoms with Crippen molar-refractivity contribution in [1.29, 1.82) is 0 Å². The van der Waals surface area contributed by atoms with Crippen LogP contribution in [0.15, 0.2) is 0 Å². The quantitative estimate of drug-likeness (QED) is 0.785. The summed E-state index contributed by atoms with van der Waals surface area (Å²) in [6.45, 7) is 5.08. The Morgan fingerprint density at radius 2 is 2.27 bits per heavy atom. The highest BCUT2D eigenvalue weighted by Crippen LogP contribution is 2.20. The van der Waals surface area contributed by atoms with Crippen LogP contribution in [0.2, 0.25) is 0 Å². The summed E-state index contributed by atoms with van der Waals surface area (Å²) in [7, 11) is 0. The molecule has 3 nitrogen and oxygen atoms in total. The Hall–Kier alpha value is -0.220. The molecular formula is C11H20N2OS. The fraction of sp³-hybridized carbons (Fsp3) is 0.909. The Bertz CT molecular complexity index is 239. The van der Waals surface area contributed by atoms with Gasteiger partial charge in [0.2, 0.25) is 5.91 Å². The molecule has 0 saturated carbocycles. The Morgan fingerprint density at radius 3 is 2.80 bits per heavy atom. The second kappa shape index (κ2) is 4.74. The molecule has 15 heavy (non-hydrogen) atoms. The number of rotatable bonds is 3. The zero-order valence-corrected chi connectivity index (χ0v) is 10.3. The molecule has 1 N–H and O–H groups in total. The Morgan fingerprint density at radius 1 is 1.47 bits per heavy atom. The van der Waals surface area contributed by atoms with Gasteiger partial charge in [0.1, 0.15) is 0 Å². The summed E-state index contributed by atoms with van der Waals surface area (Å²) in [5.74, 6) is 2.80. The minimum Gasteiger partial charge on any atom is -0.339 e. The summed E-state index contributed by atoms with van der Waals surface area (Å²) in [6, 6.07) is 1.38. The average molecular weight is 228 g/mol. The number of nitrogens with one attached hydrogen (secondary N) is 1. The number of carbonyl (C=O) groups is 1. The third kappa shape index (κ3) is 2.67. The molecule has 2 fully saturated rings. The Labute approximate surface area is 96.0 Å². The van der Waals surface area contributed by atoms with Gasteiger partial charge in [-0.2, -0.15) is 11.8 Å². The van der Waals surface area contributed by atoms with Crippen LogP contribution in [0.1, 0.15) is 26.7 Å². The van der Waals surface area contributed by atoms with Gasteiger partial charge in [-0.3, -0.25) is 4.79 Å². The highest BCUT2D eigenvalue weighted by molar-refractivity contribution is 7.99. The van der Waals surface area contributed by atoms with Gasteiger partial charge in [0.15, 0.2) is 0 Å². The molecule has 86 valence electrons. The number of amides is 1. The van der Waals surface area contributed by atoms with Crippen molar-refractivity contribution in [2.24, 2.45) is 0 Å². The lowest BCUT2D eigenvalue weighted by atomic mass is 10.2. The molecule has 4 heteroatoms. The fourth-order valence-corrected chi connectivity index (χ4v) is 3.51. The number of thioether (sulfide) groups is 1. The fourth-order valence-electron chi connectivity index (χ4n) is 2.34. The van der Waals surface area contributed by atoms with E-state index in [1.54, 1.807) is 0 Å². The van der Waals surface area contributed by atoms with Crippen molar-refractivity contribution in [2.75, 3.05) is 18.1 Å². The van der Waals surface area contributed by atoms with Crippen LogP contribution in [0, 0.1) is 0 Å². The van der Waals surface area contributed by atoms with Crippen LogP contribution in [-0.2, 0) is 4.79 Å². The molecule has 2 unspecified atom stereocenters. The van der Waals surface area contributed by atoms with Gasteiger partial charge in [-0.05, 0) is 26.0 Å². The molecule has 2 saturated heterocycles. The lowest BCUT2D eigenvalue weighted by molar-refractivity contribution is -0.129. The highest BCUT2D eigenvalue weighted by atomic mass is 32.2. The normalized spacial score (nSPS) is 31.9. The first kappa shape index (κ1) is 11.3. The predicted molar refractivity (Wildman–Crippen MR) is 64.1 cm³/mol. The van der Waals surface area contributed by atoms with Crippen LogP contribution < -0.4 is 5.32 Å². The minimum atomic E-state index is 0.313. The summed E-state index contributed by atoms with van der Waals surface area (Å²) in [4.78, 5) is 13.7. The van der Waals surface area contributed by atoms with E-state index in [1.165, 1.54) is 17.9 Å². The van der Waals surface area contributed by atoms with Crippen LogP contribution in [0.25, 0.3) is 0 Å². The second-order valence-corrected chi connectivity index (χ2v) is 5.92. The molecule has 0 spiro atoms. The number of hydrogen-bond donors (Lipinski definition) is 1. The van der Waals surface area contributed by atoms with Crippen LogP contribution in [0.3, 0.4) is 0 Å². The van der Waals surface area contributed by atoms with E-state index in [4.69, 9.17) is 0 Å². The van der Waals surface area contributed by atoms with E-state index in [1.807, 2.05) is 16.7 Å². The molecule has 0 bridgehead atoms. The molecule has 0 aromatic heterocycles. The zero-order valence-electron chi connectivity index (χ0n) is 9.53. The Kier molecular flexibility index (Phi) is 3.57. The van der Waals surface area contributed by atoms with Crippen molar-refractivity contribution < 1.29 is 4.79 Å². The van der Waals surface area contributed by atoms with Crippen molar-refractivity contribution in [3.05, 3.63) is 0 Å². The number of carbonyl (C=O) groups excluding carboxylic acids is 1. The van der Waals surface area contributed by atoms with Crippen molar-refractivity contribution in [1.82, 2.24) is 10.2 Å². The highest BCUT2D eigenvalue weighted by Gasteiger charge is 2.32. The molecule has 0 aromatic carbocycles. The predicted octanol–water partition coefficient (Wildman–Crippen LogP) is 1.09. The first-order chi connectivity index (χ1) is 7.16. The SMILES string of the molecule is CC(C)N1CC(NC2CCSC2)CC1=O. The summed E-state index contributed by atoms with van der Waals surface area (Å²) >= 11 is 2.01. The summed E-state index contributed by atoms with van der Waals surface area (Å²) in [5.41, 5.74) is 0. The summed E-state index contributed by atoms with van der Waals surface area (Å²) in [5, 5.41) is 3.61. The molecule has 2 aliphatic rings. The maximum absolute atomic E-state index is 11.7. The molecule has 2 rings (SSSR count). The maximum atomic E-state index is 11.7. The van der Waals surface area contributed by atoms with Gasteiger partial charge in [-0.1, -0.05) is 0 Å². The van der Waals surface area contributed by atoms with Crippen molar-refractivity contribution in [2.45, 2.75) is 44.8 Å². The monoisotopic (exact) mass is 228 g/mol. The second-order valence-electron chi connectivity index (χ2n) is 4.77. The zero-order chi connectivity index (χ0) is 10.8. The standard InChI is InChI=1S/C11H20N2OS/c1-8(2)13-6-10(5-11(13)14)12-9-3-4-15-7-9/h8-10,12H,3-7H2,1-2H3. The van der Waals surface area contributed by atoms with E-state index in [0.717, 1.165) is 6.54 Å². The van der Waals surface area contributed by atoms with Gasteiger partial charge in [0.05, 0.1) is 0 Å². The summed E-state index contributed by atoms with van der Waals surface area (Å²) in [6.07, 6.45) is 1.95. The smallest absolute Gasteiger partial charge is 0.224 e. The topological polar surface area (TPSA) is 32.3 Å². The van der Waals surface area contributed by atoms with Crippen LogP contribution >= 0.6 is 11.8 Å². The third-order valence-electron chi connectivity index (χ3n) is 3.18. The molecule has 0 aromatic rings. The molecule has 0 radical (unpaired) electrons. The lowest BCUT2D eigenvalue weighted by Gasteiger charge is -2.22. The first-order valence-electron chi connectivity index (χ1n) is 5.80. The van der Waals surface area contributed by atoms with Gasteiger partial charge in [-0.15, -0.1) is 0 Å². The van der Waals surface area contributed by atoms with Crippen LogP contribution in [-0.4, -0.2) is 47.0 Å². The van der Waals surface area contributed by atoms with Crippen molar-refractivity contribution in [3.63, 3.8) is 0 Å². The van der Waals surface area contributed by atoms with Crippen molar-refractivity contribution >= 4 is 17.7 Å². The lowest BCUT2D eigenvalue weighted by Crippen LogP contribution is -2.41. The first-order valence-corrected chi connectivity index (χ1v) is 6.95. The summed E-state index contributed by atoms with van der Waals surface area (Å²) < 4.78 is 0. The van der Waals surface area contributed by atoms with Crippen LogP contribution in [0.4, 0.5) is 0 Å². The Balaban J connectivity index is 1.83. The van der Waals surface area contributed by atoms with Gasteiger partial charge in [-0.25, -0.2) is 0 Å². The average Bonchev–Trinajstić information content (AvgIpc) is 2.75. The van der Waals surface area contributed by atoms with Crippen LogP contribution in [0.5, 0.6) is 0 Å². The molecule has 2 atom stereocenters. The maximum Gasteiger partial charge on any atom is 0.224 e. The number of nitrogens with zero attached hydrogens (tertiary/aromatic N) is 1. The molecule has 0 aliphatic carbocycles. The molecular weight excluding hydrogens is 208 g/mol. The number of likely N-dealkylation sites (tertiary alicyclic amines) is 1. The van der Waals surface area contributed by atoms with Gasteiger partial charge < -0.3 is 10.2 Å². The largest absolute Gasteiger partial charge is 0.339 e. The van der Waals surface area contributed by atoms with Gasteiger partial charge >= 0.3 is 0 Å². The third-order valence-corrected chi connectivity index (χ3v) is 4.35. The van der Waals surface area contributed by atoms with E-state index in [-0.39, 0.29) is 0 Å². The van der Waals surface area contributed by atoms with E-state index in [2.05, 4.69) is 19.2 Å². The number of hydrogen-bond acceptors (Lipinski definition) is 3. The van der Waals surface area contributed by atoms with Crippen molar-refractivity contribution in [3.8, 4) is 0 Å². The van der Waals surface area contributed by atoms with E-state index in [0.29, 0.717) is 30.5 Å². The van der Waals surface area contributed by atoms with Gasteiger partial charge in [0, 0.05) is 36.8 Å².